The van der Waals surface area contributed by atoms with E-state index in [-0.39, 0.29) is 18.6 Å². The van der Waals surface area contributed by atoms with Crippen molar-refractivity contribution in [3.8, 4) is 11.8 Å². The van der Waals surface area contributed by atoms with Gasteiger partial charge in [-0.1, -0.05) is 12.8 Å². The third-order valence-electron chi connectivity index (χ3n) is 3.26. The topological polar surface area (TPSA) is 88.1 Å². The Balaban J connectivity index is 2.06. The van der Waals surface area contributed by atoms with Crippen LogP contribution < -0.4 is 15.8 Å². The Bertz CT molecular complexity index is 502. The zero-order chi connectivity index (χ0) is 13.7. The van der Waals surface area contributed by atoms with E-state index in [1.54, 1.807) is 18.2 Å². The van der Waals surface area contributed by atoms with E-state index in [4.69, 9.17) is 15.7 Å². The SMILES string of the molecule is N#CCOc1cc(C(=O)NC2CCCC2)ccc1N. The van der Waals surface area contributed by atoms with Crippen molar-refractivity contribution in [1.29, 1.82) is 5.26 Å². The molecule has 1 saturated carbocycles. The number of rotatable bonds is 4. The van der Waals surface area contributed by atoms with E-state index in [2.05, 4.69) is 5.32 Å². The van der Waals surface area contributed by atoms with Crippen LogP contribution in [-0.2, 0) is 0 Å². The lowest BCUT2D eigenvalue weighted by molar-refractivity contribution is 0.0937. The summed E-state index contributed by atoms with van der Waals surface area (Å²) in [7, 11) is 0. The Morgan fingerprint density at radius 3 is 2.89 bits per heavy atom. The molecular weight excluding hydrogens is 242 g/mol. The summed E-state index contributed by atoms with van der Waals surface area (Å²) in [6.45, 7) is -0.0854. The molecule has 1 aliphatic carbocycles. The maximum absolute atomic E-state index is 12.1. The summed E-state index contributed by atoms with van der Waals surface area (Å²) < 4.78 is 5.18. The van der Waals surface area contributed by atoms with Crippen LogP contribution in [-0.4, -0.2) is 18.6 Å². The molecule has 1 aromatic rings. The number of nitrogens with zero attached hydrogens (tertiary/aromatic N) is 1. The Morgan fingerprint density at radius 1 is 1.47 bits per heavy atom. The number of nitrogen functional groups attached to an aromatic ring is 1. The van der Waals surface area contributed by atoms with E-state index in [0.29, 0.717) is 17.0 Å². The van der Waals surface area contributed by atoms with Gasteiger partial charge in [0.05, 0.1) is 5.69 Å². The summed E-state index contributed by atoms with van der Waals surface area (Å²) in [4.78, 5) is 12.1. The molecule has 2 rings (SSSR count). The Kier molecular flexibility index (Phi) is 4.24. The first-order valence-corrected chi connectivity index (χ1v) is 6.41. The number of carbonyl (C=O) groups is 1. The Hall–Kier alpha value is -2.22. The molecule has 0 bridgehead atoms. The van der Waals surface area contributed by atoms with Crippen molar-refractivity contribution in [3.05, 3.63) is 23.8 Å². The first kappa shape index (κ1) is 13.2. The van der Waals surface area contributed by atoms with Gasteiger partial charge >= 0.3 is 0 Å². The van der Waals surface area contributed by atoms with Crippen LogP contribution >= 0.6 is 0 Å². The van der Waals surface area contributed by atoms with Gasteiger partial charge in [-0.25, -0.2) is 0 Å². The molecule has 1 amide bonds. The molecule has 0 aliphatic heterocycles. The van der Waals surface area contributed by atoms with Crippen molar-refractivity contribution in [1.82, 2.24) is 5.32 Å². The number of ether oxygens (including phenoxy) is 1. The number of benzene rings is 1. The van der Waals surface area contributed by atoms with Crippen molar-refractivity contribution in [2.24, 2.45) is 0 Å². The van der Waals surface area contributed by atoms with Gasteiger partial charge in [-0.05, 0) is 31.0 Å². The number of nitrogens with two attached hydrogens (primary N) is 1. The lowest BCUT2D eigenvalue weighted by Gasteiger charge is -2.13. The van der Waals surface area contributed by atoms with Crippen molar-refractivity contribution >= 4 is 11.6 Å². The average Bonchev–Trinajstić information content (AvgIpc) is 2.90. The van der Waals surface area contributed by atoms with E-state index >= 15 is 0 Å². The standard InChI is InChI=1S/C14H17N3O2/c15-7-8-19-13-9-10(5-6-12(13)16)14(18)17-11-3-1-2-4-11/h5-6,9,11H,1-4,8,16H2,(H,17,18). The number of hydrogen-bond acceptors (Lipinski definition) is 4. The van der Waals surface area contributed by atoms with Crippen LogP contribution in [0, 0.1) is 11.3 Å². The molecule has 1 fully saturated rings. The molecule has 5 heteroatoms. The zero-order valence-corrected chi connectivity index (χ0v) is 10.7. The smallest absolute Gasteiger partial charge is 0.251 e. The van der Waals surface area contributed by atoms with Gasteiger partial charge in [0.15, 0.2) is 6.61 Å². The number of carbonyl (C=O) groups excluding carboxylic acids is 1. The largest absolute Gasteiger partial charge is 0.477 e. The average molecular weight is 259 g/mol. The van der Waals surface area contributed by atoms with Crippen LogP contribution in [0.25, 0.3) is 0 Å². The van der Waals surface area contributed by atoms with E-state index in [0.717, 1.165) is 12.8 Å². The van der Waals surface area contributed by atoms with Crippen LogP contribution in [0.5, 0.6) is 5.75 Å². The quantitative estimate of drug-likeness (QED) is 0.807. The second-order valence-electron chi connectivity index (χ2n) is 4.65. The molecule has 0 aromatic heterocycles. The molecule has 100 valence electrons. The number of nitrogens with one attached hydrogen (secondary N) is 1. The summed E-state index contributed by atoms with van der Waals surface area (Å²) in [5, 5.41) is 11.5. The van der Waals surface area contributed by atoms with Crippen LogP contribution in [0.15, 0.2) is 18.2 Å². The summed E-state index contributed by atoms with van der Waals surface area (Å²) in [5.74, 6) is 0.259. The predicted octanol–water partition coefficient (Wildman–Crippen LogP) is 1.84. The highest BCUT2D eigenvalue weighted by Gasteiger charge is 2.18. The monoisotopic (exact) mass is 259 g/mol. The third-order valence-corrected chi connectivity index (χ3v) is 3.26. The predicted molar refractivity (Wildman–Crippen MR) is 71.7 cm³/mol. The third kappa shape index (κ3) is 3.38. The molecule has 0 heterocycles. The highest BCUT2D eigenvalue weighted by molar-refractivity contribution is 5.95. The summed E-state index contributed by atoms with van der Waals surface area (Å²) in [6, 6.07) is 7.01. The highest BCUT2D eigenvalue weighted by Crippen LogP contribution is 2.23. The summed E-state index contributed by atoms with van der Waals surface area (Å²) in [6.07, 6.45) is 4.42. The second-order valence-corrected chi connectivity index (χ2v) is 4.65. The number of nitriles is 1. The molecule has 19 heavy (non-hydrogen) atoms. The van der Waals surface area contributed by atoms with Crippen LogP contribution in [0.1, 0.15) is 36.0 Å². The van der Waals surface area contributed by atoms with Crippen molar-refractivity contribution < 1.29 is 9.53 Å². The minimum Gasteiger partial charge on any atom is -0.477 e. The molecule has 0 saturated heterocycles. The normalized spacial score (nSPS) is 14.9. The molecule has 0 radical (unpaired) electrons. The number of amides is 1. The lowest BCUT2D eigenvalue weighted by atomic mass is 10.1. The fourth-order valence-corrected chi connectivity index (χ4v) is 2.25. The number of anilines is 1. The molecule has 0 unspecified atom stereocenters. The van der Waals surface area contributed by atoms with E-state index in [1.165, 1.54) is 12.8 Å². The maximum Gasteiger partial charge on any atom is 0.251 e. The molecule has 1 aliphatic rings. The van der Waals surface area contributed by atoms with Gasteiger partial charge < -0.3 is 15.8 Å². The minimum atomic E-state index is -0.117. The van der Waals surface area contributed by atoms with Crippen molar-refractivity contribution in [3.63, 3.8) is 0 Å². The molecule has 0 atom stereocenters. The van der Waals surface area contributed by atoms with Crippen LogP contribution in [0.4, 0.5) is 5.69 Å². The summed E-state index contributed by atoms with van der Waals surface area (Å²) >= 11 is 0. The molecule has 1 aromatic carbocycles. The van der Waals surface area contributed by atoms with Gasteiger partial charge in [0, 0.05) is 11.6 Å². The van der Waals surface area contributed by atoms with E-state index in [1.807, 2.05) is 6.07 Å². The first-order chi connectivity index (χ1) is 9.20. The van der Waals surface area contributed by atoms with Crippen molar-refractivity contribution in [2.75, 3.05) is 12.3 Å². The van der Waals surface area contributed by atoms with Crippen LogP contribution in [0.3, 0.4) is 0 Å². The first-order valence-electron chi connectivity index (χ1n) is 6.41. The second kappa shape index (κ2) is 6.10. The van der Waals surface area contributed by atoms with E-state index in [9.17, 15) is 4.79 Å². The molecule has 3 N–H and O–H groups in total. The molecule has 5 nitrogen and oxygen atoms in total. The molecular formula is C14H17N3O2. The minimum absolute atomic E-state index is 0.0854. The maximum atomic E-state index is 12.1. The summed E-state index contributed by atoms with van der Waals surface area (Å²) in [5.41, 5.74) is 6.66. The fraction of sp³-hybridized carbons (Fsp3) is 0.429. The Morgan fingerprint density at radius 2 is 2.21 bits per heavy atom. The van der Waals surface area contributed by atoms with Gasteiger partial charge in [-0.3, -0.25) is 4.79 Å². The van der Waals surface area contributed by atoms with Gasteiger partial charge in [0.1, 0.15) is 11.8 Å². The van der Waals surface area contributed by atoms with Gasteiger partial charge in [0.2, 0.25) is 0 Å². The van der Waals surface area contributed by atoms with Crippen LogP contribution in [0.2, 0.25) is 0 Å². The highest BCUT2D eigenvalue weighted by atomic mass is 16.5. The fourth-order valence-electron chi connectivity index (χ4n) is 2.25. The van der Waals surface area contributed by atoms with Crippen molar-refractivity contribution in [2.45, 2.75) is 31.7 Å². The van der Waals surface area contributed by atoms with Gasteiger partial charge in [-0.15, -0.1) is 0 Å². The lowest BCUT2D eigenvalue weighted by Crippen LogP contribution is -2.32. The molecule has 0 spiro atoms. The van der Waals surface area contributed by atoms with Gasteiger partial charge in [0.25, 0.3) is 5.91 Å². The van der Waals surface area contributed by atoms with Gasteiger partial charge in [-0.2, -0.15) is 5.26 Å². The Labute approximate surface area is 112 Å². The number of hydrogen-bond donors (Lipinski definition) is 2. The van der Waals surface area contributed by atoms with E-state index < -0.39 is 0 Å². The zero-order valence-electron chi connectivity index (χ0n) is 10.7.